The molecule has 1 aliphatic rings. The van der Waals surface area contributed by atoms with Crippen molar-refractivity contribution in [1.29, 1.82) is 0 Å². The Balaban J connectivity index is 1.97. The minimum absolute atomic E-state index is 0.0259. The molecule has 0 N–H and O–H groups in total. The fourth-order valence-corrected chi connectivity index (χ4v) is 3.48. The molecule has 0 heterocycles. The van der Waals surface area contributed by atoms with Crippen molar-refractivity contribution in [2.45, 2.75) is 26.2 Å². The number of nitro groups is 2. The van der Waals surface area contributed by atoms with Gasteiger partial charge in [-0.15, -0.1) is 0 Å². The van der Waals surface area contributed by atoms with Gasteiger partial charge in [-0.2, -0.15) is 0 Å². The van der Waals surface area contributed by atoms with Crippen LogP contribution in [0.3, 0.4) is 0 Å². The van der Waals surface area contributed by atoms with Gasteiger partial charge in [0.15, 0.2) is 5.78 Å². The molecule has 1 aliphatic carbocycles. The Kier molecular flexibility index (Phi) is 5.97. The summed E-state index contributed by atoms with van der Waals surface area (Å²) in [6.07, 6.45) is 5.50. The number of benzene rings is 2. The van der Waals surface area contributed by atoms with Crippen LogP contribution < -0.4 is 0 Å². The first kappa shape index (κ1) is 20.1. The number of hydrogen-bond donors (Lipinski definition) is 0. The van der Waals surface area contributed by atoms with E-state index < -0.39 is 9.85 Å². The number of Topliss-reactive ketones (excluding diaryl/α,β-unsaturated/α-hetero) is 1. The molecule has 1 fully saturated rings. The van der Waals surface area contributed by atoms with Crippen LogP contribution in [0, 0.1) is 26.1 Å². The van der Waals surface area contributed by atoms with Crippen LogP contribution >= 0.6 is 0 Å². The molecule has 148 valence electrons. The zero-order valence-corrected chi connectivity index (χ0v) is 15.9. The summed E-state index contributed by atoms with van der Waals surface area (Å²) in [5.74, 6) is 0.148. The number of nitro benzene ring substituents is 2. The van der Waals surface area contributed by atoms with Crippen LogP contribution in [0.5, 0.6) is 0 Å². The number of hydrogen-bond acceptors (Lipinski definition) is 5. The van der Waals surface area contributed by atoms with Crippen LogP contribution in [0.25, 0.3) is 12.2 Å². The normalized spacial score (nSPS) is 19.5. The highest BCUT2D eigenvalue weighted by Crippen LogP contribution is 2.34. The number of allylic oxidation sites excluding steroid dienone is 2. The molecule has 0 bridgehead atoms. The van der Waals surface area contributed by atoms with Crippen molar-refractivity contribution in [1.82, 2.24) is 0 Å². The van der Waals surface area contributed by atoms with Gasteiger partial charge >= 0.3 is 0 Å². The molecule has 29 heavy (non-hydrogen) atoms. The van der Waals surface area contributed by atoms with Gasteiger partial charge in [-0.25, -0.2) is 0 Å². The van der Waals surface area contributed by atoms with Gasteiger partial charge in [0.1, 0.15) is 0 Å². The molecule has 1 saturated carbocycles. The minimum atomic E-state index is -0.465. The Morgan fingerprint density at radius 2 is 1.34 bits per heavy atom. The molecule has 0 amide bonds. The lowest BCUT2D eigenvalue weighted by Gasteiger charge is -2.24. The smallest absolute Gasteiger partial charge is 0.270 e. The number of ketones is 1. The maximum atomic E-state index is 13.0. The zero-order valence-electron chi connectivity index (χ0n) is 15.9. The van der Waals surface area contributed by atoms with Crippen molar-refractivity contribution in [3.05, 3.63) is 91.0 Å². The first-order valence-corrected chi connectivity index (χ1v) is 9.32. The van der Waals surface area contributed by atoms with Crippen LogP contribution in [-0.4, -0.2) is 15.6 Å². The summed E-state index contributed by atoms with van der Waals surface area (Å²) in [4.78, 5) is 34.1. The van der Waals surface area contributed by atoms with E-state index in [1.165, 1.54) is 24.3 Å². The van der Waals surface area contributed by atoms with Crippen LogP contribution in [0.1, 0.15) is 37.3 Å². The van der Waals surface area contributed by atoms with Crippen molar-refractivity contribution in [2.24, 2.45) is 5.92 Å². The second-order valence-corrected chi connectivity index (χ2v) is 7.05. The third kappa shape index (κ3) is 4.82. The number of nitrogens with zero attached hydrogens (tertiary/aromatic N) is 2. The molecule has 7 heteroatoms. The number of rotatable bonds is 5. The maximum Gasteiger partial charge on any atom is 0.270 e. The summed E-state index contributed by atoms with van der Waals surface area (Å²) in [6.45, 7) is 2.05. The van der Waals surface area contributed by atoms with Gasteiger partial charge in [0.25, 0.3) is 11.4 Å². The van der Waals surface area contributed by atoms with E-state index in [1.54, 1.807) is 36.4 Å². The standard InChI is InChI=1S/C22H20N2O5/c1-2-15-9-18(11-16-5-3-7-20(13-16)23(26)27)22(25)19(10-15)12-17-6-4-8-21(14-17)24(28)29/h3-8,11-15H,2,9-10H2,1H3/b18-11+,19-12+. The molecular weight excluding hydrogens is 372 g/mol. The summed E-state index contributed by atoms with van der Waals surface area (Å²) in [5.41, 5.74) is 2.35. The second-order valence-electron chi connectivity index (χ2n) is 7.05. The van der Waals surface area contributed by atoms with Crippen LogP contribution in [0.15, 0.2) is 59.7 Å². The second kappa shape index (κ2) is 8.60. The lowest BCUT2D eigenvalue weighted by molar-refractivity contribution is -0.385. The van der Waals surface area contributed by atoms with E-state index in [2.05, 4.69) is 6.92 Å². The monoisotopic (exact) mass is 392 g/mol. The molecule has 0 spiro atoms. The highest BCUT2D eigenvalue weighted by molar-refractivity contribution is 6.14. The molecule has 0 radical (unpaired) electrons. The zero-order chi connectivity index (χ0) is 21.0. The minimum Gasteiger partial charge on any atom is -0.289 e. The van der Waals surface area contributed by atoms with Gasteiger partial charge in [0.05, 0.1) is 9.85 Å². The molecule has 3 rings (SSSR count). The fourth-order valence-electron chi connectivity index (χ4n) is 3.48. The lowest BCUT2D eigenvalue weighted by atomic mass is 9.78. The van der Waals surface area contributed by atoms with Crippen LogP contribution in [0.2, 0.25) is 0 Å². The molecule has 0 aromatic heterocycles. The summed E-state index contributed by atoms with van der Waals surface area (Å²) in [7, 11) is 0. The fraction of sp³-hybridized carbons (Fsp3) is 0.227. The van der Waals surface area contributed by atoms with Gasteiger partial charge in [0, 0.05) is 35.4 Å². The molecule has 0 aliphatic heterocycles. The molecule has 0 atom stereocenters. The number of non-ortho nitro benzene ring substituents is 2. The molecule has 7 nitrogen and oxygen atoms in total. The Bertz CT molecular complexity index is 960. The van der Waals surface area contributed by atoms with Crippen molar-refractivity contribution in [3.63, 3.8) is 0 Å². The van der Waals surface area contributed by atoms with E-state index in [9.17, 15) is 25.0 Å². The van der Waals surface area contributed by atoms with E-state index in [-0.39, 0.29) is 23.1 Å². The average Bonchev–Trinajstić information content (AvgIpc) is 2.71. The molecule has 0 unspecified atom stereocenters. The highest BCUT2D eigenvalue weighted by Gasteiger charge is 2.27. The Hall–Kier alpha value is -3.61. The molecular formula is C22H20N2O5. The van der Waals surface area contributed by atoms with E-state index in [0.29, 0.717) is 35.1 Å². The lowest BCUT2D eigenvalue weighted by Crippen LogP contribution is -2.19. The van der Waals surface area contributed by atoms with Gasteiger partial charge in [-0.3, -0.25) is 25.0 Å². The highest BCUT2D eigenvalue weighted by atomic mass is 16.6. The van der Waals surface area contributed by atoms with Crippen molar-refractivity contribution in [2.75, 3.05) is 0 Å². The van der Waals surface area contributed by atoms with E-state index >= 15 is 0 Å². The third-order valence-electron chi connectivity index (χ3n) is 5.02. The van der Waals surface area contributed by atoms with E-state index in [0.717, 1.165) is 6.42 Å². The average molecular weight is 392 g/mol. The summed E-state index contributed by atoms with van der Waals surface area (Å²) >= 11 is 0. The van der Waals surface area contributed by atoms with E-state index in [1.807, 2.05) is 0 Å². The topological polar surface area (TPSA) is 103 Å². The van der Waals surface area contributed by atoms with Crippen molar-refractivity contribution < 1.29 is 14.6 Å². The Morgan fingerprint density at radius 1 is 0.897 bits per heavy atom. The molecule has 0 saturated heterocycles. The van der Waals surface area contributed by atoms with Gasteiger partial charge in [0.2, 0.25) is 0 Å². The number of carbonyl (C=O) groups is 1. The largest absolute Gasteiger partial charge is 0.289 e. The first-order chi connectivity index (χ1) is 13.9. The Labute approximate surface area is 167 Å². The predicted octanol–water partition coefficient (Wildman–Crippen LogP) is 5.36. The molecule has 2 aromatic rings. The van der Waals surface area contributed by atoms with Gasteiger partial charge < -0.3 is 0 Å². The van der Waals surface area contributed by atoms with Crippen LogP contribution in [-0.2, 0) is 4.79 Å². The number of carbonyl (C=O) groups excluding carboxylic acids is 1. The molecule has 2 aromatic carbocycles. The third-order valence-corrected chi connectivity index (χ3v) is 5.02. The first-order valence-electron chi connectivity index (χ1n) is 9.32. The van der Waals surface area contributed by atoms with E-state index in [4.69, 9.17) is 0 Å². The summed E-state index contributed by atoms with van der Waals surface area (Å²) in [6, 6.07) is 12.4. The van der Waals surface area contributed by atoms with Gasteiger partial charge in [-0.1, -0.05) is 37.6 Å². The SMILES string of the molecule is CCC1C/C(=C\c2cccc([N+](=O)[O-])c2)C(=O)/C(=C/c2cccc([N+](=O)[O-])c2)C1. The maximum absolute atomic E-state index is 13.0. The van der Waals surface area contributed by atoms with Gasteiger partial charge in [-0.05, 0) is 42.0 Å². The quantitative estimate of drug-likeness (QED) is 0.387. The summed E-state index contributed by atoms with van der Waals surface area (Å²) < 4.78 is 0. The van der Waals surface area contributed by atoms with Crippen molar-refractivity contribution in [3.8, 4) is 0 Å². The van der Waals surface area contributed by atoms with Crippen LogP contribution in [0.4, 0.5) is 11.4 Å². The Morgan fingerprint density at radius 3 is 1.72 bits per heavy atom. The summed E-state index contributed by atoms with van der Waals surface area (Å²) in [5, 5.41) is 22.0. The predicted molar refractivity (Wildman–Crippen MR) is 110 cm³/mol. The van der Waals surface area contributed by atoms with Crippen molar-refractivity contribution >= 4 is 29.3 Å².